The third-order valence-electron chi connectivity index (χ3n) is 2.83. The lowest BCUT2D eigenvalue weighted by atomic mass is 10.2. The topological polar surface area (TPSA) is 66.0 Å². The van der Waals surface area contributed by atoms with E-state index in [0.717, 1.165) is 5.56 Å². The molecular formula is C14H9ClN2O2. The summed E-state index contributed by atoms with van der Waals surface area (Å²) >= 11 is 6.06. The Morgan fingerprint density at radius 2 is 1.95 bits per heavy atom. The summed E-state index contributed by atoms with van der Waals surface area (Å²) in [5.74, 6) is -0.348. The van der Waals surface area contributed by atoms with Crippen molar-refractivity contribution in [1.82, 2.24) is 9.97 Å². The van der Waals surface area contributed by atoms with Crippen LogP contribution in [0.2, 0.25) is 5.02 Å². The van der Waals surface area contributed by atoms with Crippen LogP contribution in [0.4, 0.5) is 0 Å². The van der Waals surface area contributed by atoms with Crippen LogP contribution in [0.25, 0.3) is 22.4 Å². The summed E-state index contributed by atoms with van der Waals surface area (Å²) in [5.41, 5.74) is 2.25. The molecule has 0 spiro atoms. The van der Waals surface area contributed by atoms with Crippen LogP contribution >= 0.6 is 11.6 Å². The van der Waals surface area contributed by atoms with Gasteiger partial charge in [-0.25, -0.2) is 9.78 Å². The Kier molecular flexibility index (Phi) is 2.72. The maximum absolute atomic E-state index is 11.0. The molecule has 3 rings (SSSR count). The van der Waals surface area contributed by atoms with Gasteiger partial charge in [-0.2, -0.15) is 0 Å². The van der Waals surface area contributed by atoms with Crippen molar-refractivity contribution in [2.45, 2.75) is 0 Å². The van der Waals surface area contributed by atoms with Gasteiger partial charge in [0.1, 0.15) is 11.3 Å². The molecule has 94 valence electrons. The highest BCUT2D eigenvalue weighted by molar-refractivity contribution is 6.35. The minimum Gasteiger partial charge on any atom is -0.478 e. The van der Waals surface area contributed by atoms with Crippen LogP contribution < -0.4 is 0 Å². The van der Waals surface area contributed by atoms with Gasteiger partial charge in [-0.05, 0) is 12.1 Å². The molecule has 0 aliphatic rings. The van der Waals surface area contributed by atoms with Crippen LogP contribution in [-0.4, -0.2) is 21.0 Å². The fourth-order valence-electron chi connectivity index (χ4n) is 1.93. The molecule has 0 amide bonds. The fourth-order valence-corrected chi connectivity index (χ4v) is 2.19. The van der Waals surface area contributed by atoms with Crippen LogP contribution in [-0.2, 0) is 0 Å². The molecule has 0 unspecified atom stereocenters. The first-order chi connectivity index (χ1) is 9.15. The van der Waals surface area contributed by atoms with Crippen LogP contribution in [0.1, 0.15) is 10.4 Å². The number of hydrogen-bond donors (Lipinski definition) is 2. The number of rotatable bonds is 2. The molecule has 1 aromatic heterocycles. The second-order valence-corrected chi connectivity index (χ2v) is 4.52. The molecule has 0 aliphatic heterocycles. The third-order valence-corrected chi connectivity index (χ3v) is 3.12. The number of aromatic amines is 1. The molecule has 2 aromatic carbocycles. The number of halogens is 1. The molecule has 5 heteroatoms. The smallest absolute Gasteiger partial charge is 0.335 e. The van der Waals surface area contributed by atoms with E-state index in [1.54, 1.807) is 0 Å². The predicted molar refractivity (Wildman–Crippen MR) is 73.5 cm³/mol. The van der Waals surface area contributed by atoms with E-state index in [0.29, 0.717) is 21.9 Å². The number of H-pyrrole nitrogens is 1. The molecule has 0 bridgehead atoms. The van der Waals surface area contributed by atoms with Crippen LogP contribution in [0.3, 0.4) is 0 Å². The van der Waals surface area contributed by atoms with Gasteiger partial charge in [-0.15, -0.1) is 0 Å². The van der Waals surface area contributed by atoms with Crippen molar-refractivity contribution in [3.63, 3.8) is 0 Å². The average Bonchev–Trinajstić information content (AvgIpc) is 2.84. The number of carbonyl (C=O) groups is 1. The van der Waals surface area contributed by atoms with Crippen LogP contribution in [0.5, 0.6) is 0 Å². The lowest BCUT2D eigenvalue weighted by Crippen LogP contribution is -1.95. The summed E-state index contributed by atoms with van der Waals surface area (Å²) in [6.07, 6.45) is 0. The molecule has 19 heavy (non-hydrogen) atoms. The van der Waals surface area contributed by atoms with Gasteiger partial charge in [0.2, 0.25) is 0 Å². The van der Waals surface area contributed by atoms with Crippen molar-refractivity contribution in [3.8, 4) is 11.4 Å². The first-order valence-electron chi connectivity index (χ1n) is 5.63. The highest BCUT2D eigenvalue weighted by atomic mass is 35.5. The lowest BCUT2D eigenvalue weighted by Gasteiger charge is -1.96. The van der Waals surface area contributed by atoms with E-state index in [2.05, 4.69) is 9.97 Å². The maximum Gasteiger partial charge on any atom is 0.335 e. The van der Waals surface area contributed by atoms with E-state index in [9.17, 15) is 4.79 Å². The average molecular weight is 273 g/mol. The summed E-state index contributed by atoms with van der Waals surface area (Å²) in [7, 11) is 0. The zero-order valence-electron chi connectivity index (χ0n) is 9.72. The molecule has 0 saturated carbocycles. The van der Waals surface area contributed by atoms with Crippen molar-refractivity contribution >= 4 is 28.6 Å². The number of benzene rings is 2. The Hall–Kier alpha value is -2.33. The molecule has 0 atom stereocenters. The van der Waals surface area contributed by atoms with Gasteiger partial charge in [-0.1, -0.05) is 41.9 Å². The van der Waals surface area contributed by atoms with E-state index < -0.39 is 5.97 Å². The highest BCUT2D eigenvalue weighted by Crippen LogP contribution is 2.27. The minimum absolute atomic E-state index is 0.140. The molecule has 1 heterocycles. The summed E-state index contributed by atoms with van der Waals surface area (Å²) in [6.45, 7) is 0. The molecule has 0 radical (unpaired) electrons. The Balaban J connectivity index is 2.21. The van der Waals surface area contributed by atoms with Crippen molar-refractivity contribution < 1.29 is 9.90 Å². The second-order valence-electron chi connectivity index (χ2n) is 4.11. The van der Waals surface area contributed by atoms with Gasteiger partial charge in [0.05, 0.1) is 16.1 Å². The van der Waals surface area contributed by atoms with Crippen molar-refractivity contribution in [3.05, 3.63) is 53.1 Å². The SMILES string of the molecule is O=C(O)c1cc(Cl)c2nc(-c3ccccc3)[nH]c2c1. The zero-order valence-corrected chi connectivity index (χ0v) is 10.5. The van der Waals surface area contributed by atoms with E-state index in [1.807, 2.05) is 30.3 Å². The molecule has 0 aliphatic carbocycles. The Labute approximate surface area is 113 Å². The standard InChI is InChI=1S/C14H9ClN2O2/c15-10-6-9(14(18)19)7-11-12(10)17-13(16-11)8-4-2-1-3-5-8/h1-7H,(H,16,17)(H,18,19). The molecule has 3 aromatic rings. The number of imidazole rings is 1. The summed E-state index contributed by atoms with van der Waals surface area (Å²) < 4.78 is 0. The van der Waals surface area contributed by atoms with Gasteiger partial charge >= 0.3 is 5.97 Å². The number of nitrogens with zero attached hydrogens (tertiary/aromatic N) is 1. The largest absolute Gasteiger partial charge is 0.478 e. The first-order valence-corrected chi connectivity index (χ1v) is 6.01. The number of aromatic nitrogens is 2. The quantitative estimate of drug-likeness (QED) is 0.749. The highest BCUT2D eigenvalue weighted by Gasteiger charge is 2.12. The van der Waals surface area contributed by atoms with Gasteiger partial charge in [0.25, 0.3) is 0 Å². The van der Waals surface area contributed by atoms with E-state index in [4.69, 9.17) is 16.7 Å². The number of carboxylic acid groups (broad SMARTS) is 1. The second kappa shape index (κ2) is 4.40. The first kappa shape index (κ1) is 11.7. The fraction of sp³-hybridized carbons (Fsp3) is 0. The number of hydrogen-bond acceptors (Lipinski definition) is 2. The Morgan fingerprint density at radius 3 is 2.63 bits per heavy atom. The maximum atomic E-state index is 11.0. The number of fused-ring (bicyclic) bond motifs is 1. The van der Waals surface area contributed by atoms with Crippen molar-refractivity contribution in [2.24, 2.45) is 0 Å². The number of nitrogens with one attached hydrogen (secondary N) is 1. The van der Waals surface area contributed by atoms with Gasteiger partial charge in [-0.3, -0.25) is 0 Å². The minimum atomic E-state index is -1.01. The van der Waals surface area contributed by atoms with Crippen LogP contribution in [0.15, 0.2) is 42.5 Å². The van der Waals surface area contributed by atoms with Gasteiger partial charge in [0.15, 0.2) is 0 Å². The Morgan fingerprint density at radius 1 is 1.21 bits per heavy atom. The van der Waals surface area contributed by atoms with Gasteiger partial charge in [0, 0.05) is 5.56 Å². The van der Waals surface area contributed by atoms with Gasteiger partial charge < -0.3 is 10.1 Å². The van der Waals surface area contributed by atoms with Crippen LogP contribution in [0, 0.1) is 0 Å². The molecule has 0 saturated heterocycles. The number of aromatic carboxylic acids is 1. The lowest BCUT2D eigenvalue weighted by molar-refractivity contribution is 0.0697. The third kappa shape index (κ3) is 2.06. The normalized spacial score (nSPS) is 10.8. The molecular weight excluding hydrogens is 264 g/mol. The predicted octanol–water partition coefficient (Wildman–Crippen LogP) is 3.58. The summed E-state index contributed by atoms with van der Waals surface area (Å²) in [5, 5.41) is 9.33. The summed E-state index contributed by atoms with van der Waals surface area (Å²) in [6, 6.07) is 12.5. The number of carboxylic acids is 1. The summed E-state index contributed by atoms with van der Waals surface area (Å²) in [4.78, 5) is 18.5. The molecule has 2 N–H and O–H groups in total. The Bertz CT molecular complexity index is 766. The molecule has 0 fully saturated rings. The monoisotopic (exact) mass is 272 g/mol. The van der Waals surface area contributed by atoms with Crippen molar-refractivity contribution in [1.29, 1.82) is 0 Å². The zero-order chi connectivity index (χ0) is 13.4. The van der Waals surface area contributed by atoms with Crippen molar-refractivity contribution in [2.75, 3.05) is 0 Å². The molecule has 4 nitrogen and oxygen atoms in total. The van der Waals surface area contributed by atoms with E-state index in [1.165, 1.54) is 12.1 Å². The van der Waals surface area contributed by atoms with E-state index in [-0.39, 0.29) is 5.56 Å². The van der Waals surface area contributed by atoms with E-state index >= 15 is 0 Å².